The molecule has 0 N–H and O–H groups in total. The summed E-state index contributed by atoms with van der Waals surface area (Å²) in [4.78, 5) is 26.6. The molecule has 2 amide bonds. The molecule has 0 aromatic heterocycles. The molecule has 26 heavy (non-hydrogen) atoms. The normalized spacial score (nSPS) is 15.8. The van der Waals surface area contributed by atoms with Crippen LogP contribution in [0, 0.1) is 0 Å². The van der Waals surface area contributed by atoms with Gasteiger partial charge in [-0.3, -0.25) is 14.5 Å². The van der Waals surface area contributed by atoms with Crippen LogP contribution in [0.1, 0.15) is 18.1 Å². The van der Waals surface area contributed by atoms with E-state index < -0.39 is 0 Å². The summed E-state index contributed by atoms with van der Waals surface area (Å²) in [5, 5.41) is 0.245. The minimum Gasteiger partial charge on any atom is -0.493 e. The molecular weight excluding hydrogens is 438 g/mol. The summed E-state index contributed by atoms with van der Waals surface area (Å²) < 4.78 is 6.47. The molecule has 2 aromatic rings. The van der Waals surface area contributed by atoms with Gasteiger partial charge in [0.2, 0.25) is 0 Å². The predicted molar refractivity (Wildman–Crippen MR) is 108 cm³/mol. The lowest BCUT2D eigenvalue weighted by Gasteiger charge is -2.12. The lowest BCUT2D eigenvalue weighted by atomic mass is 10.1. The first-order valence-corrected chi connectivity index (χ1v) is 9.89. The monoisotopic (exact) mass is 451 g/mol. The lowest BCUT2D eigenvalue weighted by Crippen LogP contribution is -2.27. The number of ether oxygens (including phenoxy) is 1. The standard InChI is InChI=1S/C19H15BrClNO3S/c1-2-25-16-7-6-15(21)9-13(16)10-17-18(23)22(19(24)26-17)11-12-4-3-5-14(20)8-12/h3-10H,2,11H2,1H3/b17-10+. The van der Waals surface area contributed by atoms with E-state index in [9.17, 15) is 9.59 Å². The highest BCUT2D eigenvalue weighted by atomic mass is 79.9. The third-order valence-electron chi connectivity index (χ3n) is 3.66. The summed E-state index contributed by atoms with van der Waals surface area (Å²) in [6.45, 7) is 2.60. The summed E-state index contributed by atoms with van der Waals surface area (Å²) in [5.41, 5.74) is 1.55. The first-order chi connectivity index (χ1) is 12.5. The van der Waals surface area contributed by atoms with Crippen LogP contribution in [0.4, 0.5) is 4.79 Å². The van der Waals surface area contributed by atoms with Gasteiger partial charge in [0.1, 0.15) is 5.75 Å². The van der Waals surface area contributed by atoms with Crippen LogP contribution in [0.5, 0.6) is 5.75 Å². The Bertz CT molecular complexity index is 900. The molecule has 0 aliphatic carbocycles. The molecule has 0 unspecified atom stereocenters. The van der Waals surface area contributed by atoms with Gasteiger partial charge < -0.3 is 4.74 Å². The molecule has 2 aromatic carbocycles. The smallest absolute Gasteiger partial charge is 0.293 e. The van der Waals surface area contributed by atoms with E-state index in [1.165, 1.54) is 4.90 Å². The van der Waals surface area contributed by atoms with Crippen LogP contribution < -0.4 is 4.74 Å². The Labute approximate surface area is 169 Å². The Hall–Kier alpha value is -1.76. The van der Waals surface area contributed by atoms with Gasteiger partial charge in [0.15, 0.2) is 0 Å². The van der Waals surface area contributed by atoms with Gasteiger partial charge in [-0.2, -0.15) is 0 Å². The van der Waals surface area contributed by atoms with Gasteiger partial charge in [0.25, 0.3) is 11.1 Å². The molecule has 4 nitrogen and oxygen atoms in total. The first-order valence-electron chi connectivity index (χ1n) is 7.90. The molecule has 0 atom stereocenters. The fraction of sp³-hybridized carbons (Fsp3) is 0.158. The van der Waals surface area contributed by atoms with Crippen LogP contribution in [0.15, 0.2) is 51.8 Å². The number of carbonyl (C=O) groups excluding carboxylic acids is 2. The summed E-state index contributed by atoms with van der Waals surface area (Å²) in [5.74, 6) is 0.304. The van der Waals surface area contributed by atoms with Gasteiger partial charge in [-0.15, -0.1) is 0 Å². The van der Waals surface area contributed by atoms with E-state index in [-0.39, 0.29) is 17.7 Å². The summed E-state index contributed by atoms with van der Waals surface area (Å²) in [6.07, 6.45) is 1.66. The van der Waals surface area contributed by atoms with E-state index in [4.69, 9.17) is 16.3 Å². The van der Waals surface area contributed by atoms with E-state index >= 15 is 0 Å². The number of carbonyl (C=O) groups is 2. The maximum atomic E-state index is 12.7. The van der Waals surface area contributed by atoms with Crippen molar-refractivity contribution in [1.29, 1.82) is 0 Å². The number of rotatable bonds is 5. The van der Waals surface area contributed by atoms with Crippen LogP contribution in [0.3, 0.4) is 0 Å². The summed E-state index contributed by atoms with van der Waals surface area (Å²) in [6, 6.07) is 12.7. The van der Waals surface area contributed by atoms with Crippen molar-refractivity contribution in [3.8, 4) is 5.75 Å². The largest absolute Gasteiger partial charge is 0.493 e. The first kappa shape index (κ1) is 19.0. The highest BCUT2D eigenvalue weighted by Gasteiger charge is 2.35. The van der Waals surface area contributed by atoms with E-state index in [1.807, 2.05) is 31.2 Å². The summed E-state index contributed by atoms with van der Waals surface area (Å²) in [7, 11) is 0. The Morgan fingerprint density at radius 1 is 1.23 bits per heavy atom. The molecule has 134 valence electrons. The Morgan fingerprint density at radius 3 is 2.77 bits per heavy atom. The molecular formula is C19H15BrClNO3S. The van der Waals surface area contributed by atoms with Crippen molar-refractivity contribution in [2.45, 2.75) is 13.5 Å². The van der Waals surface area contributed by atoms with E-state index in [2.05, 4.69) is 15.9 Å². The zero-order valence-corrected chi connectivity index (χ0v) is 17.0. The Morgan fingerprint density at radius 2 is 2.04 bits per heavy atom. The van der Waals surface area contributed by atoms with E-state index in [0.717, 1.165) is 21.8 Å². The maximum absolute atomic E-state index is 12.7. The second-order valence-corrected chi connectivity index (χ2v) is 7.86. The highest BCUT2D eigenvalue weighted by Crippen LogP contribution is 2.35. The SMILES string of the molecule is CCOc1ccc(Cl)cc1/C=C1/SC(=O)N(Cc2cccc(Br)c2)C1=O. The zero-order chi connectivity index (χ0) is 18.7. The number of imide groups is 1. The quantitative estimate of drug-likeness (QED) is 0.543. The topological polar surface area (TPSA) is 46.6 Å². The predicted octanol–water partition coefficient (Wildman–Crippen LogP) is 5.74. The molecule has 1 saturated heterocycles. The van der Waals surface area contributed by atoms with Gasteiger partial charge in [0, 0.05) is 15.1 Å². The molecule has 0 radical (unpaired) electrons. The molecule has 1 aliphatic heterocycles. The van der Waals surface area contributed by atoms with Crippen LogP contribution in [-0.4, -0.2) is 22.7 Å². The average molecular weight is 453 g/mol. The van der Waals surface area contributed by atoms with Gasteiger partial charge in [-0.25, -0.2) is 0 Å². The average Bonchev–Trinajstić information content (AvgIpc) is 2.85. The molecule has 1 aliphatic rings. The van der Waals surface area contributed by atoms with Gasteiger partial charge in [-0.1, -0.05) is 39.7 Å². The lowest BCUT2D eigenvalue weighted by molar-refractivity contribution is -0.123. The summed E-state index contributed by atoms with van der Waals surface area (Å²) >= 11 is 10.4. The van der Waals surface area contributed by atoms with Crippen molar-refractivity contribution in [2.24, 2.45) is 0 Å². The van der Waals surface area contributed by atoms with E-state index in [1.54, 1.807) is 24.3 Å². The van der Waals surface area contributed by atoms with Crippen molar-refractivity contribution in [3.05, 3.63) is 68.0 Å². The fourth-order valence-corrected chi connectivity index (χ4v) is 3.97. The minimum atomic E-state index is -0.317. The number of benzene rings is 2. The van der Waals surface area contributed by atoms with Crippen molar-refractivity contribution >= 4 is 56.5 Å². The van der Waals surface area contributed by atoms with Crippen LogP contribution in [0.2, 0.25) is 5.02 Å². The molecule has 0 saturated carbocycles. The van der Waals surface area contributed by atoms with Gasteiger partial charge in [0.05, 0.1) is 18.1 Å². The second kappa shape index (κ2) is 8.29. The highest BCUT2D eigenvalue weighted by molar-refractivity contribution is 9.10. The number of thioether (sulfide) groups is 1. The number of amides is 2. The number of hydrogen-bond acceptors (Lipinski definition) is 4. The maximum Gasteiger partial charge on any atom is 0.293 e. The molecule has 7 heteroatoms. The number of halogens is 2. The van der Waals surface area contributed by atoms with Crippen LogP contribution in [-0.2, 0) is 11.3 Å². The van der Waals surface area contributed by atoms with Crippen LogP contribution >= 0.6 is 39.3 Å². The fourth-order valence-electron chi connectivity index (χ4n) is 2.51. The number of nitrogens with zero attached hydrogens (tertiary/aromatic N) is 1. The third kappa shape index (κ3) is 4.31. The third-order valence-corrected chi connectivity index (χ3v) is 5.30. The number of hydrogen-bond donors (Lipinski definition) is 0. The molecule has 1 fully saturated rings. The molecule has 0 bridgehead atoms. The van der Waals surface area contributed by atoms with Crippen LogP contribution in [0.25, 0.3) is 6.08 Å². The Balaban J connectivity index is 1.87. The van der Waals surface area contributed by atoms with E-state index in [0.29, 0.717) is 27.8 Å². The van der Waals surface area contributed by atoms with Gasteiger partial charge in [-0.05, 0) is 60.7 Å². The molecule has 0 spiro atoms. The van der Waals surface area contributed by atoms with Crippen molar-refractivity contribution in [2.75, 3.05) is 6.61 Å². The minimum absolute atomic E-state index is 0.231. The molecule has 3 rings (SSSR count). The molecule has 1 heterocycles. The zero-order valence-electron chi connectivity index (χ0n) is 13.9. The van der Waals surface area contributed by atoms with Crippen molar-refractivity contribution in [3.63, 3.8) is 0 Å². The van der Waals surface area contributed by atoms with Crippen molar-refractivity contribution < 1.29 is 14.3 Å². The second-order valence-electron chi connectivity index (χ2n) is 5.51. The Kier molecular flexibility index (Phi) is 6.06. The van der Waals surface area contributed by atoms with Crippen molar-refractivity contribution in [1.82, 2.24) is 4.90 Å². The van der Waals surface area contributed by atoms with Gasteiger partial charge >= 0.3 is 0 Å².